The van der Waals surface area contributed by atoms with Crippen LogP contribution < -0.4 is 3.27 Å². The molecule has 29 heavy (non-hydrogen) atoms. The molecule has 2 aromatic carbocycles. The summed E-state index contributed by atoms with van der Waals surface area (Å²) in [6, 6.07) is 16.1. The normalized spacial score (nSPS) is 16.7. The molecule has 4 rings (SSSR count). The molecule has 0 fully saturated rings. The molecule has 0 aromatic heterocycles. The van der Waals surface area contributed by atoms with Crippen molar-refractivity contribution in [2.75, 3.05) is 0 Å². The molecule has 154 valence electrons. The zero-order chi connectivity index (χ0) is 19.3. The van der Waals surface area contributed by atoms with E-state index in [9.17, 15) is 0 Å². The zero-order valence-corrected chi connectivity index (χ0v) is 22.4. The van der Waals surface area contributed by atoms with Crippen LogP contribution in [0.15, 0.2) is 63.5 Å². The Labute approximate surface area is 196 Å². The zero-order valence-electron chi connectivity index (χ0n) is 18.3. The van der Waals surface area contributed by atoms with Gasteiger partial charge in [-0.2, -0.15) is 0 Å². The fourth-order valence-electron chi connectivity index (χ4n) is 4.58. The van der Waals surface area contributed by atoms with Gasteiger partial charge in [0.25, 0.3) is 0 Å². The summed E-state index contributed by atoms with van der Waals surface area (Å²) in [6.07, 6.45) is 6.21. The third kappa shape index (κ3) is 4.48. The van der Waals surface area contributed by atoms with E-state index in [1.54, 1.807) is 15.3 Å². The van der Waals surface area contributed by atoms with E-state index in [0.717, 1.165) is 6.42 Å². The first-order chi connectivity index (χ1) is 12.8. The maximum absolute atomic E-state index is 2.58. The minimum Gasteiger partial charge on any atom is -0.147 e. The number of allylic oxidation sites excluding steroid dienone is 4. The second-order valence-corrected chi connectivity index (χ2v) is 16.3. The third-order valence-electron chi connectivity index (χ3n) is 6.01. The Hall–Kier alpha value is -0.747. The van der Waals surface area contributed by atoms with Crippen LogP contribution in [0.1, 0.15) is 52.7 Å². The topological polar surface area (TPSA) is 0 Å². The number of hydrogen-bond donors (Lipinski definition) is 0. The summed E-state index contributed by atoms with van der Waals surface area (Å²) in [4.78, 5) is 0. The van der Waals surface area contributed by atoms with E-state index in [1.165, 1.54) is 22.3 Å². The van der Waals surface area contributed by atoms with Gasteiger partial charge in [-0.05, 0) is 0 Å². The van der Waals surface area contributed by atoms with Crippen molar-refractivity contribution in [2.45, 2.75) is 48.0 Å². The maximum atomic E-state index is 2.58. The molecule has 0 saturated heterocycles. The molecule has 0 spiro atoms. The fourth-order valence-corrected chi connectivity index (χ4v) is 12.1. The van der Waals surface area contributed by atoms with Crippen LogP contribution in [0.4, 0.5) is 0 Å². The summed E-state index contributed by atoms with van der Waals surface area (Å²) in [5.74, 6) is 0.586. The molecule has 0 saturated carbocycles. The Kier molecular flexibility index (Phi) is 7.76. The van der Waals surface area contributed by atoms with Gasteiger partial charge in [-0.15, -0.1) is 24.8 Å². The van der Waals surface area contributed by atoms with Gasteiger partial charge in [0.2, 0.25) is 0 Å². The van der Waals surface area contributed by atoms with Gasteiger partial charge in [0.05, 0.1) is 0 Å². The van der Waals surface area contributed by atoms with Crippen LogP contribution in [0.25, 0.3) is 11.1 Å². The number of fused-ring (bicyclic) bond motifs is 3. The van der Waals surface area contributed by atoms with E-state index < -0.39 is 21.3 Å². The molecule has 0 amide bonds. The van der Waals surface area contributed by atoms with Gasteiger partial charge in [0, 0.05) is 0 Å². The van der Waals surface area contributed by atoms with Crippen molar-refractivity contribution in [3.05, 3.63) is 74.6 Å². The summed E-state index contributed by atoms with van der Waals surface area (Å²) in [5.41, 5.74) is 7.82. The Morgan fingerprint density at radius 1 is 0.931 bits per heavy atom. The molecule has 0 aliphatic heterocycles. The summed E-state index contributed by atoms with van der Waals surface area (Å²) in [6.45, 7) is 14.2. The molecule has 0 bridgehead atoms. The number of benzene rings is 2. The van der Waals surface area contributed by atoms with E-state index in [2.05, 4.69) is 96.2 Å². The van der Waals surface area contributed by atoms with Gasteiger partial charge in [-0.25, -0.2) is 0 Å². The minimum atomic E-state index is -2.06. The Morgan fingerprint density at radius 3 is 2.21 bits per heavy atom. The predicted octanol–water partition coefficient (Wildman–Crippen LogP) is 7.06. The molecule has 2 aliphatic carbocycles. The molecule has 0 heterocycles. The number of halogens is 2. The van der Waals surface area contributed by atoms with Crippen molar-refractivity contribution in [1.82, 2.24) is 0 Å². The average molecular weight is 507 g/mol. The largest absolute Gasteiger partial charge is 0.147 e. The Morgan fingerprint density at radius 2 is 1.59 bits per heavy atom. The molecule has 2 aliphatic rings. The standard InChI is InChI=1S/C13H9.C10H15.C3H6.2ClH.Zr/c1-3-7-12-10(5-1)9-11-6-2-4-8-13(11)12;1-8-5-6-9(7-8)10(2,3)4;1-3-2;;;/h1-5,7-8H,9H2;6-8H,1-4H3;1-2H3;2*1H;. The second-order valence-electron chi connectivity index (χ2n) is 9.30. The molecule has 2 aromatic rings. The van der Waals surface area contributed by atoms with Gasteiger partial charge in [-0.1, -0.05) is 0 Å². The molecule has 0 N–H and O–H groups in total. The van der Waals surface area contributed by atoms with Gasteiger partial charge >= 0.3 is 173 Å². The number of hydrogen-bond acceptors (Lipinski definition) is 0. The van der Waals surface area contributed by atoms with Gasteiger partial charge in [-0.3, -0.25) is 0 Å². The van der Waals surface area contributed by atoms with Gasteiger partial charge < -0.3 is 0 Å². The molecule has 0 nitrogen and oxygen atoms in total. The van der Waals surface area contributed by atoms with Crippen molar-refractivity contribution in [2.24, 2.45) is 11.3 Å². The van der Waals surface area contributed by atoms with E-state index in [0.29, 0.717) is 5.92 Å². The maximum Gasteiger partial charge on any atom is -0.147 e. The smallest absolute Gasteiger partial charge is 0.147 e. The summed E-state index contributed by atoms with van der Waals surface area (Å²) >= 11 is -2.06. The van der Waals surface area contributed by atoms with Crippen LogP contribution in [0.5, 0.6) is 0 Å². The van der Waals surface area contributed by atoms with Crippen LogP contribution in [0.2, 0.25) is 0 Å². The Balaban J connectivity index is 0.00000150. The third-order valence-corrected chi connectivity index (χ3v) is 13.8. The quantitative estimate of drug-likeness (QED) is 0.349. The predicted molar refractivity (Wildman–Crippen MR) is 130 cm³/mol. The van der Waals surface area contributed by atoms with Crippen LogP contribution in [0, 0.1) is 11.3 Å². The van der Waals surface area contributed by atoms with E-state index in [4.69, 9.17) is 0 Å². The van der Waals surface area contributed by atoms with Crippen LogP contribution in [0.3, 0.4) is 0 Å². The summed E-state index contributed by atoms with van der Waals surface area (Å²) in [5, 5.41) is 0. The first kappa shape index (κ1) is 24.5. The summed E-state index contributed by atoms with van der Waals surface area (Å²) < 4.78 is 5.14. The van der Waals surface area contributed by atoms with Crippen molar-refractivity contribution >= 4 is 31.3 Å². The van der Waals surface area contributed by atoms with E-state index >= 15 is 0 Å². The number of rotatable bonds is 2. The fraction of sp³-hybridized carbons (Fsp3) is 0.346. The van der Waals surface area contributed by atoms with Crippen LogP contribution in [-0.4, -0.2) is 3.21 Å². The Bertz CT molecular complexity index is 1020. The van der Waals surface area contributed by atoms with E-state index in [-0.39, 0.29) is 30.2 Å². The summed E-state index contributed by atoms with van der Waals surface area (Å²) in [7, 11) is 0. The van der Waals surface area contributed by atoms with Gasteiger partial charge in [0.15, 0.2) is 0 Å². The first-order valence-electron chi connectivity index (χ1n) is 10.1. The molecule has 3 heteroatoms. The van der Waals surface area contributed by atoms with Crippen molar-refractivity contribution in [1.29, 1.82) is 0 Å². The molecule has 1 unspecified atom stereocenters. The van der Waals surface area contributed by atoms with Crippen molar-refractivity contribution < 1.29 is 21.3 Å². The first-order valence-corrected chi connectivity index (χ1v) is 13.8. The monoisotopic (exact) mass is 504 g/mol. The average Bonchev–Trinajstić information content (AvgIpc) is 3.16. The van der Waals surface area contributed by atoms with Crippen molar-refractivity contribution in [3.63, 3.8) is 0 Å². The van der Waals surface area contributed by atoms with Crippen molar-refractivity contribution in [3.8, 4) is 11.1 Å². The van der Waals surface area contributed by atoms with Crippen LogP contribution >= 0.6 is 24.8 Å². The second kappa shape index (κ2) is 9.17. The SMILES string of the molecule is C[C](C)=[Zr]([C]1=CC(C(C)(C)C)=CC1C)[c]1cccc2c1Cc1ccccc1-2.Cl.Cl. The molecular formula is C26H32Cl2Zr. The van der Waals surface area contributed by atoms with Gasteiger partial charge in [0.1, 0.15) is 0 Å². The van der Waals surface area contributed by atoms with Crippen LogP contribution in [-0.2, 0) is 27.7 Å². The molecule has 1 atom stereocenters. The van der Waals surface area contributed by atoms with E-state index in [1.807, 2.05) is 0 Å². The minimum absolute atomic E-state index is 0. The molecular weight excluding hydrogens is 474 g/mol. The molecule has 0 radical (unpaired) electrons.